The third kappa shape index (κ3) is 4.56. The summed E-state index contributed by atoms with van der Waals surface area (Å²) in [5.41, 5.74) is 1.50. The first kappa shape index (κ1) is 20.9. The number of aromatic hydroxyl groups is 1. The molecule has 0 unspecified atom stereocenters. The van der Waals surface area contributed by atoms with Crippen molar-refractivity contribution in [3.8, 4) is 21.9 Å². The van der Waals surface area contributed by atoms with E-state index in [1.165, 1.54) is 23.5 Å². The summed E-state index contributed by atoms with van der Waals surface area (Å²) >= 11 is 1.44. The Morgan fingerprint density at radius 1 is 0.935 bits per heavy atom. The number of benzene rings is 2. The molecule has 1 aromatic heterocycles. The Hall–Kier alpha value is -3.32. The van der Waals surface area contributed by atoms with Crippen LogP contribution >= 0.6 is 11.3 Å². The lowest BCUT2D eigenvalue weighted by Gasteiger charge is -2.34. The van der Waals surface area contributed by atoms with Crippen molar-refractivity contribution in [3.63, 3.8) is 0 Å². The molecule has 31 heavy (non-hydrogen) atoms. The summed E-state index contributed by atoms with van der Waals surface area (Å²) in [7, 11) is 0. The molecule has 1 aliphatic rings. The molecule has 3 aromatic rings. The van der Waals surface area contributed by atoms with Gasteiger partial charge in [0.25, 0.3) is 11.8 Å². The number of amides is 2. The fourth-order valence-corrected chi connectivity index (χ4v) is 4.68. The molecule has 0 atom stereocenters. The second-order valence-corrected chi connectivity index (χ2v) is 8.29. The van der Waals surface area contributed by atoms with Gasteiger partial charge in [-0.1, -0.05) is 36.4 Å². The molecule has 1 N–H and O–H groups in total. The first-order valence-corrected chi connectivity index (χ1v) is 11.1. The summed E-state index contributed by atoms with van der Waals surface area (Å²) in [6.07, 6.45) is 0. The van der Waals surface area contributed by atoms with Crippen molar-refractivity contribution in [1.29, 1.82) is 0 Å². The molecule has 0 radical (unpaired) electrons. The third-order valence-electron chi connectivity index (χ3n) is 5.20. The average Bonchev–Trinajstić information content (AvgIpc) is 3.23. The van der Waals surface area contributed by atoms with E-state index >= 15 is 0 Å². The van der Waals surface area contributed by atoms with E-state index in [2.05, 4.69) is 0 Å². The summed E-state index contributed by atoms with van der Waals surface area (Å²) in [6, 6.07) is 18.2. The van der Waals surface area contributed by atoms with Crippen LogP contribution in [0.1, 0.15) is 27.0 Å². The van der Waals surface area contributed by atoms with Crippen LogP contribution in [-0.2, 0) is 0 Å². The molecule has 0 aliphatic carbocycles. The standard InChI is InChI=1S/C24H24N2O4S/c1-2-30-20-16-21(17-7-4-3-5-8-17)31-22(20)24(29)26-13-11-25(12-14-26)23(28)18-9-6-10-19(27)15-18/h3-10,15-16,27H,2,11-14H2,1H3. The Labute approximate surface area is 185 Å². The number of nitrogens with zero attached hydrogens (tertiary/aromatic N) is 2. The van der Waals surface area contributed by atoms with Gasteiger partial charge in [-0.05, 0) is 36.8 Å². The van der Waals surface area contributed by atoms with Gasteiger partial charge in [-0.2, -0.15) is 0 Å². The zero-order valence-corrected chi connectivity index (χ0v) is 18.1. The average molecular weight is 437 g/mol. The van der Waals surface area contributed by atoms with E-state index < -0.39 is 0 Å². The first-order chi connectivity index (χ1) is 15.1. The van der Waals surface area contributed by atoms with E-state index in [1.54, 1.807) is 21.9 Å². The van der Waals surface area contributed by atoms with Crippen molar-refractivity contribution < 1.29 is 19.4 Å². The van der Waals surface area contributed by atoms with E-state index in [1.807, 2.05) is 43.3 Å². The molecule has 160 valence electrons. The first-order valence-electron chi connectivity index (χ1n) is 10.3. The lowest BCUT2D eigenvalue weighted by Crippen LogP contribution is -2.50. The highest BCUT2D eigenvalue weighted by Gasteiger charge is 2.28. The lowest BCUT2D eigenvalue weighted by molar-refractivity contribution is 0.0536. The van der Waals surface area contributed by atoms with Crippen molar-refractivity contribution in [1.82, 2.24) is 9.80 Å². The smallest absolute Gasteiger partial charge is 0.267 e. The van der Waals surface area contributed by atoms with Crippen LogP contribution in [0.25, 0.3) is 10.4 Å². The summed E-state index contributed by atoms with van der Waals surface area (Å²) in [4.78, 5) is 31.0. The van der Waals surface area contributed by atoms with Crippen molar-refractivity contribution in [2.75, 3.05) is 32.8 Å². The molecule has 1 saturated heterocycles. The Morgan fingerprint density at radius 3 is 2.26 bits per heavy atom. The lowest BCUT2D eigenvalue weighted by atomic mass is 10.1. The van der Waals surface area contributed by atoms with Crippen LogP contribution in [0.5, 0.6) is 11.5 Å². The molecule has 2 amide bonds. The quantitative estimate of drug-likeness (QED) is 0.653. The van der Waals surface area contributed by atoms with Crippen LogP contribution < -0.4 is 4.74 Å². The summed E-state index contributed by atoms with van der Waals surface area (Å²) in [5.74, 6) is 0.463. The zero-order valence-electron chi connectivity index (χ0n) is 17.3. The summed E-state index contributed by atoms with van der Waals surface area (Å²) < 4.78 is 5.75. The SMILES string of the molecule is CCOc1cc(-c2ccccc2)sc1C(=O)N1CCN(C(=O)c2cccc(O)c2)CC1. The highest BCUT2D eigenvalue weighted by atomic mass is 32.1. The molecular formula is C24H24N2O4S. The van der Waals surface area contributed by atoms with Crippen molar-refractivity contribution in [3.05, 3.63) is 71.1 Å². The van der Waals surface area contributed by atoms with Crippen LogP contribution in [0.15, 0.2) is 60.7 Å². The molecule has 1 fully saturated rings. The highest BCUT2D eigenvalue weighted by molar-refractivity contribution is 7.17. The molecule has 6 nitrogen and oxygen atoms in total. The number of thiophene rings is 1. The fourth-order valence-electron chi connectivity index (χ4n) is 3.61. The van der Waals surface area contributed by atoms with E-state index in [9.17, 15) is 14.7 Å². The molecule has 4 rings (SSSR count). The topological polar surface area (TPSA) is 70.1 Å². The number of hydrogen-bond acceptors (Lipinski definition) is 5. The van der Waals surface area contributed by atoms with Crippen LogP contribution in [0.3, 0.4) is 0 Å². The van der Waals surface area contributed by atoms with E-state index in [4.69, 9.17) is 4.74 Å². The molecule has 0 bridgehead atoms. The number of ether oxygens (including phenoxy) is 1. The molecular weight excluding hydrogens is 412 g/mol. The minimum Gasteiger partial charge on any atom is -0.508 e. The maximum atomic E-state index is 13.3. The molecule has 7 heteroatoms. The van der Waals surface area contributed by atoms with Gasteiger partial charge >= 0.3 is 0 Å². The van der Waals surface area contributed by atoms with E-state index in [0.29, 0.717) is 49.0 Å². The molecule has 2 aromatic carbocycles. The Bertz CT molecular complexity index is 1070. The number of carbonyl (C=O) groups excluding carboxylic acids is 2. The van der Waals surface area contributed by atoms with Crippen molar-refractivity contribution >= 4 is 23.2 Å². The van der Waals surface area contributed by atoms with Crippen molar-refractivity contribution in [2.24, 2.45) is 0 Å². The van der Waals surface area contributed by atoms with Crippen LogP contribution in [0.4, 0.5) is 0 Å². The van der Waals surface area contributed by atoms with E-state index in [0.717, 1.165) is 10.4 Å². The Kier molecular flexibility index (Phi) is 6.23. The number of phenolic OH excluding ortho intramolecular Hbond substituents is 1. The summed E-state index contributed by atoms with van der Waals surface area (Å²) in [5, 5.41) is 9.62. The molecule has 0 spiro atoms. The zero-order chi connectivity index (χ0) is 21.8. The second kappa shape index (κ2) is 9.22. The van der Waals surface area contributed by atoms with Gasteiger partial charge in [-0.15, -0.1) is 11.3 Å². The number of hydrogen-bond donors (Lipinski definition) is 1. The maximum Gasteiger partial charge on any atom is 0.267 e. The Morgan fingerprint density at radius 2 is 1.61 bits per heavy atom. The van der Waals surface area contributed by atoms with Crippen LogP contribution in [0.2, 0.25) is 0 Å². The largest absolute Gasteiger partial charge is 0.508 e. The number of phenols is 1. The van der Waals surface area contributed by atoms with Gasteiger partial charge in [0.15, 0.2) is 0 Å². The van der Waals surface area contributed by atoms with Crippen LogP contribution in [-0.4, -0.2) is 59.5 Å². The third-order valence-corrected chi connectivity index (χ3v) is 6.35. The maximum absolute atomic E-state index is 13.3. The van der Waals surface area contributed by atoms with Crippen molar-refractivity contribution in [2.45, 2.75) is 6.92 Å². The van der Waals surface area contributed by atoms with Gasteiger partial charge in [0, 0.05) is 36.6 Å². The molecule has 1 aliphatic heterocycles. The number of rotatable bonds is 5. The minimum atomic E-state index is -0.138. The van der Waals surface area contributed by atoms with Gasteiger partial charge in [0.05, 0.1) is 6.61 Å². The number of piperazine rings is 1. The highest BCUT2D eigenvalue weighted by Crippen LogP contribution is 2.37. The van der Waals surface area contributed by atoms with Crippen LogP contribution in [0, 0.1) is 0 Å². The summed E-state index contributed by atoms with van der Waals surface area (Å²) in [6.45, 7) is 4.18. The van der Waals surface area contributed by atoms with Gasteiger partial charge in [-0.3, -0.25) is 9.59 Å². The molecule has 2 heterocycles. The Balaban J connectivity index is 1.47. The monoisotopic (exact) mass is 436 g/mol. The fraction of sp³-hybridized carbons (Fsp3) is 0.250. The van der Waals surface area contributed by atoms with Gasteiger partial charge in [0.2, 0.25) is 0 Å². The predicted molar refractivity (Wildman–Crippen MR) is 121 cm³/mol. The number of carbonyl (C=O) groups is 2. The van der Waals surface area contributed by atoms with E-state index in [-0.39, 0.29) is 17.6 Å². The minimum absolute atomic E-state index is 0.0648. The van der Waals surface area contributed by atoms with Gasteiger partial charge < -0.3 is 19.6 Å². The van der Waals surface area contributed by atoms with Gasteiger partial charge in [-0.25, -0.2) is 0 Å². The normalized spacial score (nSPS) is 13.8. The molecule has 0 saturated carbocycles. The predicted octanol–water partition coefficient (Wildman–Crippen LogP) is 4.12. The van der Waals surface area contributed by atoms with Gasteiger partial charge in [0.1, 0.15) is 16.4 Å². The second-order valence-electron chi connectivity index (χ2n) is 7.24.